The first-order valence-corrected chi connectivity index (χ1v) is 10.6. The molecule has 6 nitrogen and oxygen atoms in total. The predicted octanol–water partition coefficient (Wildman–Crippen LogP) is 4.27. The fourth-order valence-electron chi connectivity index (χ4n) is 3.67. The highest BCUT2D eigenvalue weighted by molar-refractivity contribution is 6.42. The lowest BCUT2D eigenvalue weighted by atomic mass is 9.89. The van der Waals surface area contributed by atoms with Gasteiger partial charge in [-0.1, -0.05) is 41.4 Å². The van der Waals surface area contributed by atoms with E-state index in [0.29, 0.717) is 47.2 Å². The molecule has 0 spiro atoms. The molecular weight excluding hydrogens is 437 g/mol. The lowest BCUT2D eigenvalue weighted by molar-refractivity contribution is 0.0644. The van der Waals surface area contributed by atoms with Gasteiger partial charge in [0.25, 0.3) is 11.5 Å². The molecule has 0 radical (unpaired) electrons. The Morgan fingerprint density at radius 1 is 0.903 bits per heavy atom. The van der Waals surface area contributed by atoms with Crippen LogP contribution in [0.2, 0.25) is 10.0 Å². The maximum Gasteiger partial charge on any atom is 0.274 e. The molecule has 1 aliphatic heterocycles. The summed E-state index contributed by atoms with van der Waals surface area (Å²) >= 11 is 12.0. The van der Waals surface area contributed by atoms with E-state index in [-0.39, 0.29) is 28.9 Å². The molecule has 158 valence electrons. The average molecular weight is 456 g/mol. The fourth-order valence-corrected chi connectivity index (χ4v) is 3.97. The van der Waals surface area contributed by atoms with Gasteiger partial charge in [0.1, 0.15) is 5.69 Å². The number of ketones is 1. The first-order valence-electron chi connectivity index (χ1n) is 9.88. The zero-order valence-electron chi connectivity index (χ0n) is 16.5. The fraction of sp³-hybridized carbons (Fsp3) is 0.217. The number of likely N-dealkylation sites (tertiary alicyclic amines) is 1. The number of amides is 1. The second-order valence-corrected chi connectivity index (χ2v) is 8.18. The molecular formula is C23H19Cl2N3O3. The molecule has 2 heterocycles. The molecule has 0 saturated carbocycles. The van der Waals surface area contributed by atoms with Crippen LogP contribution in [0.25, 0.3) is 5.69 Å². The first-order chi connectivity index (χ1) is 14.9. The van der Waals surface area contributed by atoms with Gasteiger partial charge in [-0.2, -0.15) is 9.78 Å². The zero-order chi connectivity index (χ0) is 22.0. The SMILES string of the molecule is O=C(c1ccc(Cl)c(Cl)c1)C1CCN(C(=O)c2ccc(=O)n(-c3ccccc3)n2)CC1. The third-order valence-corrected chi connectivity index (χ3v) is 6.12. The van der Waals surface area contributed by atoms with E-state index in [9.17, 15) is 14.4 Å². The Morgan fingerprint density at radius 3 is 2.29 bits per heavy atom. The maximum atomic E-state index is 13.0. The van der Waals surface area contributed by atoms with Crippen LogP contribution in [0.5, 0.6) is 0 Å². The minimum Gasteiger partial charge on any atom is -0.337 e. The number of hydrogen-bond donors (Lipinski definition) is 0. The number of Topliss-reactive ketones (excluding diaryl/α,β-unsaturated/α-hetero) is 1. The summed E-state index contributed by atoms with van der Waals surface area (Å²) in [6, 6.07) is 16.6. The number of rotatable bonds is 4. The van der Waals surface area contributed by atoms with Crippen LogP contribution in [-0.2, 0) is 0 Å². The van der Waals surface area contributed by atoms with E-state index in [0.717, 1.165) is 0 Å². The van der Waals surface area contributed by atoms with Crippen molar-refractivity contribution < 1.29 is 9.59 Å². The van der Waals surface area contributed by atoms with Crippen LogP contribution in [0.3, 0.4) is 0 Å². The van der Waals surface area contributed by atoms with Gasteiger partial charge < -0.3 is 4.90 Å². The quantitative estimate of drug-likeness (QED) is 0.550. The summed E-state index contributed by atoms with van der Waals surface area (Å²) in [5.41, 5.74) is 0.996. The summed E-state index contributed by atoms with van der Waals surface area (Å²) in [6.45, 7) is 0.866. The third kappa shape index (κ3) is 4.55. The second kappa shape index (κ2) is 9.04. The Balaban J connectivity index is 1.45. The van der Waals surface area contributed by atoms with Gasteiger partial charge in [-0.25, -0.2) is 0 Å². The highest BCUT2D eigenvalue weighted by Gasteiger charge is 2.29. The Hall–Kier alpha value is -2.96. The van der Waals surface area contributed by atoms with Crippen molar-refractivity contribution in [3.8, 4) is 5.69 Å². The first kappa shape index (κ1) is 21.3. The van der Waals surface area contributed by atoms with Crippen LogP contribution in [0, 0.1) is 5.92 Å². The van der Waals surface area contributed by atoms with Crippen LogP contribution in [-0.4, -0.2) is 39.5 Å². The highest BCUT2D eigenvalue weighted by Crippen LogP contribution is 2.27. The summed E-state index contributed by atoms with van der Waals surface area (Å²) in [5.74, 6) is -0.445. The van der Waals surface area contributed by atoms with Gasteiger partial charge in [0, 0.05) is 30.6 Å². The van der Waals surface area contributed by atoms with E-state index in [4.69, 9.17) is 23.2 Å². The normalized spacial score (nSPS) is 14.5. The molecule has 0 N–H and O–H groups in total. The summed E-state index contributed by atoms with van der Waals surface area (Å²) in [5, 5.41) is 5.01. The minimum atomic E-state index is -0.311. The van der Waals surface area contributed by atoms with E-state index in [1.807, 2.05) is 6.07 Å². The van der Waals surface area contributed by atoms with Gasteiger partial charge in [0.15, 0.2) is 5.78 Å². The van der Waals surface area contributed by atoms with E-state index in [1.54, 1.807) is 47.4 Å². The van der Waals surface area contributed by atoms with Crippen LogP contribution in [0.1, 0.15) is 33.7 Å². The van der Waals surface area contributed by atoms with Crippen molar-refractivity contribution >= 4 is 34.9 Å². The van der Waals surface area contributed by atoms with Crippen LogP contribution >= 0.6 is 23.2 Å². The Labute approximate surface area is 189 Å². The van der Waals surface area contributed by atoms with E-state index < -0.39 is 0 Å². The van der Waals surface area contributed by atoms with Crippen molar-refractivity contribution in [2.75, 3.05) is 13.1 Å². The molecule has 8 heteroatoms. The number of aromatic nitrogens is 2. The van der Waals surface area contributed by atoms with Crippen molar-refractivity contribution in [3.63, 3.8) is 0 Å². The Kier molecular flexibility index (Phi) is 6.20. The predicted molar refractivity (Wildman–Crippen MR) is 119 cm³/mol. The number of hydrogen-bond acceptors (Lipinski definition) is 4. The summed E-state index contributed by atoms with van der Waals surface area (Å²) in [7, 11) is 0. The molecule has 1 aliphatic rings. The summed E-state index contributed by atoms with van der Waals surface area (Å²) < 4.78 is 1.22. The van der Waals surface area contributed by atoms with E-state index in [2.05, 4.69) is 5.10 Å². The van der Waals surface area contributed by atoms with E-state index in [1.165, 1.54) is 16.8 Å². The molecule has 3 aromatic rings. The highest BCUT2D eigenvalue weighted by atomic mass is 35.5. The minimum absolute atomic E-state index is 0.00131. The monoisotopic (exact) mass is 455 g/mol. The van der Waals surface area contributed by atoms with Crippen LogP contribution in [0.15, 0.2) is 65.5 Å². The smallest absolute Gasteiger partial charge is 0.274 e. The Morgan fingerprint density at radius 2 is 1.61 bits per heavy atom. The molecule has 0 unspecified atom stereocenters. The molecule has 4 rings (SSSR count). The molecule has 1 saturated heterocycles. The van der Waals surface area contributed by atoms with Gasteiger partial charge in [-0.3, -0.25) is 14.4 Å². The average Bonchev–Trinajstić information content (AvgIpc) is 2.81. The zero-order valence-corrected chi connectivity index (χ0v) is 18.0. The molecule has 1 amide bonds. The van der Waals surface area contributed by atoms with Gasteiger partial charge >= 0.3 is 0 Å². The standard InChI is InChI=1S/C23H19Cl2N3O3/c24-18-7-6-16(14-19(18)25)22(30)15-10-12-27(13-11-15)23(31)20-8-9-21(29)28(26-20)17-4-2-1-3-5-17/h1-9,14-15H,10-13H2. The van der Waals surface area contributed by atoms with Gasteiger partial charge in [0.2, 0.25) is 0 Å². The third-order valence-electron chi connectivity index (χ3n) is 5.38. The van der Waals surface area contributed by atoms with Crippen LogP contribution in [0.4, 0.5) is 0 Å². The lowest BCUT2D eigenvalue weighted by Gasteiger charge is -2.31. The van der Waals surface area contributed by atoms with Crippen LogP contribution < -0.4 is 5.56 Å². The van der Waals surface area contributed by atoms with Gasteiger partial charge in [-0.15, -0.1) is 0 Å². The molecule has 1 fully saturated rings. The number of benzene rings is 2. The van der Waals surface area contributed by atoms with Crippen molar-refractivity contribution in [1.29, 1.82) is 0 Å². The van der Waals surface area contributed by atoms with Crippen molar-refractivity contribution in [3.05, 3.63) is 92.3 Å². The maximum absolute atomic E-state index is 13.0. The molecule has 0 aliphatic carbocycles. The van der Waals surface area contributed by atoms with E-state index >= 15 is 0 Å². The number of carbonyl (C=O) groups excluding carboxylic acids is 2. The number of para-hydroxylation sites is 1. The number of halogens is 2. The van der Waals surface area contributed by atoms with Crippen molar-refractivity contribution in [1.82, 2.24) is 14.7 Å². The number of carbonyl (C=O) groups is 2. The summed E-state index contributed by atoms with van der Waals surface area (Å²) in [6.07, 6.45) is 1.09. The molecule has 2 aromatic carbocycles. The van der Waals surface area contributed by atoms with Crippen molar-refractivity contribution in [2.24, 2.45) is 5.92 Å². The largest absolute Gasteiger partial charge is 0.337 e. The molecule has 1 aromatic heterocycles. The number of piperidine rings is 1. The Bertz CT molecular complexity index is 1190. The number of nitrogens with zero attached hydrogens (tertiary/aromatic N) is 3. The van der Waals surface area contributed by atoms with Crippen molar-refractivity contribution in [2.45, 2.75) is 12.8 Å². The molecule has 0 atom stereocenters. The van der Waals surface area contributed by atoms with Gasteiger partial charge in [0.05, 0.1) is 15.7 Å². The lowest BCUT2D eigenvalue weighted by Crippen LogP contribution is -2.41. The summed E-state index contributed by atoms with van der Waals surface area (Å²) in [4.78, 5) is 39.6. The van der Waals surface area contributed by atoms with Gasteiger partial charge in [-0.05, 0) is 49.2 Å². The molecule has 0 bridgehead atoms. The topological polar surface area (TPSA) is 72.3 Å². The molecule has 31 heavy (non-hydrogen) atoms. The second-order valence-electron chi connectivity index (χ2n) is 7.36.